The number of ether oxygens (including phenoxy) is 1. The normalized spacial score (nSPS) is 28.4. The predicted octanol–water partition coefficient (Wildman–Crippen LogP) is 3.39. The number of rotatable bonds is 2. The SMILES string of the molecule is COC1NCCC(c2ccc(C(F)(F)F)cc2)C1C. The van der Waals surface area contributed by atoms with Crippen LogP contribution in [0.15, 0.2) is 24.3 Å². The molecule has 1 aromatic carbocycles. The summed E-state index contributed by atoms with van der Waals surface area (Å²) in [5, 5.41) is 3.25. The maximum atomic E-state index is 12.5. The van der Waals surface area contributed by atoms with Gasteiger partial charge in [0, 0.05) is 13.0 Å². The summed E-state index contributed by atoms with van der Waals surface area (Å²) >= 11 is 0. The number of hydrogen-bond donors (Lipinski definition) is 1. The molecular formula is C14H18F3NO. The average molecular weight is 273 g/mol. The molecule has 1 aliphatic heterocycles. The first kappa shape index (κ1) is 14.3. The van der Waals surface area contributed by atoms with Crippen molar-refractivity contribution in [2.24, 2.45) is 5.92 Å². The molecule has 1 aliphatic rings. The highest BCUT2D eigenvalue weighted by atomic mass is 19.4. The van der Waals surface area contributed by atoms with Crippen LogP contribution in [-0.2, 0) is 10.9 Å². The minimum atomic E-state index is -4.27. The van der Waals surface area contributed by atoms with Crippen molar-refractivity contribution in [3.05, 3.63) is 35.4 Å². The molecule has 0 bridgehead atoms. The minimum absolute atomic E-state index is 0.0407. The van der Waals surface area contributed by atoms with Gasteiger partial charge in [-0.1, -0.05) is 19.1 Å². The third-order valence-corrected chi connectivity index (χ3v) is 3.83. The van der Waals surface area contributed by atoms with Crippen molar-refractivity contribution in [3.8, 4) is 0 Å². The topological polar surface area (TPSA) is 21.3 Å². The van der Waals surface area contributed by atoms with Gasteiger partial charge in [-0.05, 0) is 36.6 Å². The lowest BCUT2D eigenvalue weighted by Gasteiger charge is -2.36. The van der Waals surface area contributed by atoms with Crippen LogP contribution in [0.4, 0.5) is 13.2 Å². The fraction of sp³-hybridized carbons (Fsp3) is 0.571. The molecule has 19 heavy (non-hydrogen) atoms. The highest BCUT2D eigenvalue weighted by Crippen LogP contribution is 2.35. The fourth-order valence-electron chi connectivity index (χ4n) is 2.73. The van der Waals surface area contributed by atoms with E-state index in [1.807, 2.05) is 0 Å². The Morgan fingerprint density at radius 3 is 2.37 bits per heavy atom. The lowest BCUT2D eigenvalue weighted by atomic mass is 9.81. The smallest absolute Gasteiger partial charge is 0.366 e. The van der Waals surface area contributed by atoms with Crippen LogP contribution < -0.4 is 5.32 Å². The third-order valence-electron chi connectivity index (χ3n) is 3.83. The molecule has 1 fully saturated rings. The second-order valence-corrected chi connectivity index (χ2v) is 4.98. The first-order chi connectivity index (χ1) is 8.93. The van der Waals surface area contributed by atoms with Crippen LogP contribution in [0.3, 0.4) is 0 Å². The third kappa shape index (κ3) is 3.09. The van der Waals surface area contributed by atoms with E-state index in [0.29, 0.717) is 0 Å². The van der Waals surface area contributed by atoms with Gasteiger partial charge in [0.15, 0.2) is 0 Å². The van der Waals surface area contributed by atoms with E-state index < -0.39 is 11.7 Å². The van der Waals surface area contributed by atoms with E-state index in [4.69, 9.17) is 4.74 Å². The molecule has 3 unspecified atom stereocenters. The first-order valence-electron chi connectivity index (χ1n) is 6.37. The molecule has 2 nitrogen and oxygen atoms in total. The van der Waals surface area contributed by atoms with Crippen LogP contribution in [-0.4, -0.2) is 19.9 Å². The first-order valence-corrected chi connectivity index (χ1v) is 6.37. The van der Waals surface area contributed by atoms with Gasteiger partial charge in [0.05, 0.1) is 5.56 Å². The van der Waals surface area contributed by atoms with Gasteiger partial charge >= 0.3 is 6.18 Å². The van der Waals surface area contributed by atoms with Crippen LogP contribution in [0, 0.1) is 5.92 Å². The zero-order valence-electron chi connectivity index (χ0n) is 11.0. The van der Waals surface area contributed by atoms with Crippen LogP contribution in [0.1, 0.15) is 30.4 Å². The minimum Gasteiger partial charge on any atom is -0.366 e. The Morgan fingerprint density at radius 2 is 1.84 bits per heavy atom. The number of nitrogens with one attached hydrogen (secondary N) is 1. The van der Waals surface area contributed by atoms with Gasteiger partial charge in [-0.2, -0.15) is 13.2 Å². The van der Waals surface area contributed by atoms with Crippen molar-refractivity contribution in [2.45, 2.75) is 31.7 Å². The van der Waals surface area contributed by atoms with Gasteiger partial charge in [0.25, 0.3) is 0 Å². The molecule has 0 spiro atoms. The van der Waals surface area contributed by atoms with Crippen molar-refractivity contribution < 1.29 is 17.9 Å². The zero-order chi connectivity index (χ0) is 14.0. The zero-order valence-corrected chi connectivity index (χ0v) is 11.0. The summed E-state index contributed by atoms with van der Waals surface area (Å²) in [4.78, 5) is 0. The molecule has 5 heteroatoms. The quantitative estimate of drug-likeness (QED) is 0.891. The summed E-state index contributed by atoms with van der Waals surface area (Å²) in [6.07, 6.45) is -3.40. The van der Waals surface area contributed by atoms with E-state index in [1.165, 1.54) is 0 Å². The summed E-state index contributed by atoms with van der Waals surface area (Å²) < 4.78 is 42.9. The van der Waals surface area contributed by atoms with Crippen molar-refractivity contribution in [3.63, 3.8) is 0 Å². The van der Waals surface area contributed by atoms with Gasteiger partial charge in [0.1, 0.15) is 6.23 Å². The Hall–Kier alpha value is -1.07. The molecular weight excluding hydrogens is 255 g/mol. The molecule has 1 aromatic rings. The van der Waals surface area contributed by atoms with E-state index in [9.17, 15) is 13.2 Å². The highest BCUT2D eigenvalue weighted by molar-refractivity contribution is 5.28. The van der Waals surface area contributed by atoms with Crippen LogP contribution in [0.5, 0.6) is 0 Å². The fourth-order valence-corrected chi connectivity index (χ4v) is 2.73. The monoisotopic (exact) mass is 273 g/mol. The van der Waals surface area contributed by atoms with E-state index in [-0.39, 0.29) is 18.1 Å². The summed E-state index contributed by atoms with van der Waals surface area (Å²) in [7, 11) is 1.64. The predicted molar refractivity (Wildman–Crippen MR) is 66.8 cm³/mol. The van der Waals surface area contributed by atoms with E-state index in [2.05, 4.69) is 12.2 Å². The van der Waals surface area contributed by atoms with Crippen molar-refractivity contribution in [1.82, 2.24) is 5.32 Å². The summed E-state index contributed by atoms with van der Waals surface area (Å²) in [5.74, 6) is 0.462. The molecule has 1 heterocycles. The molecule has 0 amide bonds. The van der Waals surface area contributed by atoms with Gasteiger partial charge in [0.2, 0.25) is 0 Å². The molecule has 0 aromatic heterocycles. The lowest BCUT2D eigenvalue weighted by molar-refractivity contribution is -0.137. The van der Waals surface area contributed by atoms with Crippen molar-refractivity contribution in [2.75, 3.05) is 13.7 Å². The number of methoxy groups -OCH3 is 1. The molecule has 1 saturated heterocycles. The highest BCUT2D eigenvalue weighted by Gasteiger charge is 2.33. The molecule has 0 saturated carbocycles. The second-order valence-electron chi connectivity index (χ2n) is 4.98. The number of piperidine rings is 1. The molecule has 0 aliphatic carbocycles. The lowest BCUT2D eigenvalue weighted by Crippen LogP contribution is -2.45. The van der Waals surface area contributed by atoms with Gasteiger partial charge in [-0.3, -0.25) is 5.32 Å². The average Bonchev–Trinajstić information content (AvgIpc) is 2.38. The maximum Gasteiger partial charge on any atom is 0.416 e. The Kier molecular flexibility index (Phi) is 4.16. The van der Waals surface area contributed by atoms with Crippen LogP contribution >= 0.6 is 0 Å². The molecule has 106 valence electrons. The molecule has 3 atom stereocenters. The van der Waals surface area contributed by atoms with E-state index in [0.717, 1.165) is 30.7 Å². The standard InChI is InChI=1S/C14H18F3NO/c1-9-12(7-8-18-13(9)19-2)10-3-5-11(6-4-10)14(15,16)17/h3-6,9,12-13,18H,7-8H2,1-2H3. The van der Waals surface area contributed by atoms with Crippen LogP contribution in [0.25, 0.3) is 0 Å². The number of alkyl halides is 3. The number of hydrogen-bond acceptors (Lipinski definition) is 2. The van der Waals surface area contributed by atoms with Gasteiger partial charge in [-0.25, -0.2) is 0 Å². The second kappa shape index (κ2) is 5.51. The molecule has 2 rings (SSSR count). The van der Waals surface area contributed by atoms with E-state index in [1.54, 1.807) is 19.2 Å². The Bertz CT molecular complexity index is 416. The largest absolute Gasteiger partial charge is 0.416 e. The summed E-state index contributed by atoms with van der Waals surface area (Å²) in [5.41, 5.74) is 0.352. The summed E-state index contributed by atoms with van der Waals surface area (Å²) in [6.45, 7) is 2.87. The summed E-state index contributed by atoms with van der Waals surface area (Å²) in [6, 6.07) is 5.49. The number of halogens is 3. The van der Waals surface area contributed by atoms with Crippen molar-refractivity contribution >= 4 is 0 Å². The van der Waals surface area contributed by atoms with Gasteiger partial charge < -0.3 is 4.74 Å². The molecule has 1 N–H and O–H groups in total. The number of benzene rings is 1. The molecule has 0 radical (unpaired) electrons. The van der Waals surface area contributed by atoms with Crippen LogP contribution in [0.2, 0.25) is 0 Å². The van der Waals surface area contributed by atoms with E-state index >= 15 is 0 Å². The van der Waals surface area contributed by atoms with Gasteiger partial charge in [-0.15, -0.1) is 0 Å². The van der Waals surface area contributed by atoms with Crippen molar-refractivity contribution in [1.29, 1.82) is 0 Å². The Labute approximate surface area is 111 Å². The Morgan fingerprint density at radius 1 is 1.21 bits per heavy atom. The maximum absolute atomic E-state index is 12.5. The Balaban J connectivity index is 2.17.